The molecular weight excluding hydrogens is 232 g/mol. The molecule has 1 N–H and O–H groups in total. The lowest BCUT2D eigenvalue weighted by Gasteiger charge is -1.99. The van der Waals surface area contributed by atoms with E-state index in [0.717, 1.165) is 6.42 Å². The van der Waals surface area contributed by atoms with Crippen molar-refractivity contribution in [2.45, 2.75) is 19.8 Å². The van der Waals surface area contributed by atoms with Crippen LogP contribution in [0.5, 0.6) is 0 Å². The molecule has 0 saturated carbocycles. The molecule has 0 aliphatic heterocycles. The second kappa shape index (κ2) is 4.95. The summed E-state index contributed by atoms with van der Waals surface area (Å²) in [7, 11) is 1.59. The van der Waals surface area contributed by atoms with Crippen LogP contribution in [0, 0.1) is 0 Å². The number of aromatic amines is 1. The molecule has 0 aromatic carbocycles. The third-order valence-corrected chi connectivity index (χ3v) is 2.65. The minimum Gasteiger partial charge on any atom is -0.299 e. The molecule has 2 aromatic rings. The lowest BCUT2D eigenvalue weighted by atomic mass is 10.1. The van der Waals surface area contributed by atoms with Crippen molar-refractivity contribution in [1.82, 2.24) is 19.7 Å². The average Bonchev–Trinajstić information content (AvgIpc) is 2.66. The van der Waals surface area contributed by atoms with Gasteiger partial charge in [0.15, 0.2) is 0 Å². The fraction of sp³-hybridized carbons (Fsp3) is 0.333. The number of aryl methyl sites for hydroxylation is 2. The quantitative estimate of drug-likeness (QED) is 0.805. The van der Waals surface area contributed by atoms with Crippen molar-refractivity contribution in [3.63, 3.8) is 0 Å². The van der Waals surface area contributed by atoms with E-state index in [2.05, 4.69) is 15.1 Å². The molecule has 0 aliphatic rings. The number of carbonyl (C=O) groups excluding carboxylic acids is 1. The molecule has 0 radical (unpaired) electrons. The predicted molar refractivity (Wildman–Crippen MR) is 65.5 cm³/mol. The van der Waals surface area contributed by atoms with Gasteiger partial charge in [0.1, 0.15) is 11.3 Å². The summed E-state index contributed by atoms with van der Waals surface area (Å²) >= 11 is 0. The Labute approximate surface area is 104 Å². The van der Waals surface area contributed by atoms with Gasteiger partial charge in [-0.2, -0.15) is 0 Å². The number of hydrogen-bond donors (Lipinski definition) is 1. The van der Waals surface area contributed by atoms with Crippen molar-refractivity contribution in [3.8, 4) is 0 Å². The Balaban J connectivity index is 2.51. The highest BCUT2D eigenvalue weighted by atomic mass is 16.2. The predicted octanol–water partition coefficient (Wildman–Crippen LogP) is 0.687. The normalized spacial score (nSPS) is 10.6. The third kappa shape index (κ3) is 2.09. The van der Waals surface area contributed by atoms with Gasteiger partial charge in [-0.3, -0.25) is 24.4 Å². The number of rotatable bonds is 4. The minimum atomic E-state index is -0.381. The highest BCUT2D eigenvalue weighted by Crippen LogP contribution is 2.09. The summed E-state index contributed by atoms with van der Waals surface area (Å²) in [6.07, 6.45) is 5.78. The number of H-pyrrole nitrogens is 1. The Morgan fingerprint density at radius 2 is 2.22 bits per heavy atom. The molecule has 94 valence electrons. The van der Waals surface area contributed by atoms with E-state index < -0.39 is 0 Å². The van der Waals surface area contributed by atoms with Gasteiger partial charge < -0.3 is 0 Å². The number of nitrogens with one attached hydrogen (secondary N) is 1. The summed E-state index contributed by atoms with van der Waals surface area (Å²) in [5.41, 5.74) is 0.682. The van der Waals surface area contributed by atoms with Gasteiger partial charge in [-0.25, -0.2) is 4.98 Å². The molecule has 18 heavy (non-hydrogen) atoms. The summed E-state index contributed by atoms with van der Waals surface area (Å²) in [6.45, 7) is 1.99. The van der Waals surface area contributed by atoms with Crippen LogP contribution in [0.15, 0.2) is 23.4 Å². The topological polar surface area (TPSA) is 80.6 Å². The van der Waals surface area contributed by atoms with Gasteiger partial charge in [-0.05, 0) is 6.42 Å². The van der Waals surface area contributed by atoms with E-state index in [1.54, 1.807) is 7.05 Å². The average molecular weight is 246 g/mol. The van der Waals surface area contributed by atoms with Crippen LogP contribution in [0.25, 0.3) is 0 Å². The van der Waals surface area contributed by atoms with Gasteiger partial charge in [-0.1, -0.05) is 13.3 Å². The van der Waals surface area contributed by atoms with Crippen LogP contribution < -0.4 is 5.56 Å². The highest BCUT2D eigenvalue weighted by molar-refractivity contribution is 6.08. The first-order valence-corrected chi connectivity index (χ1v) is 5.73. The SMILES string of the molecule is CCCc1[nH]n(C)c(=O)c1C(=O)c1cnccn1. The van der Waals surface area contributed by atoms with Crippen LogP contribution in [0.4, 0.5) is 0 Å². The smallest absolute Gasteiger partial charge is 0.277 e. The standard InChI is InChI=1S/C12H14N4O2/c1-3-4-8-10(12(18)16(2)15-8)11(17)9-7-13-5-6-14-9/h5-7,15H,3-4H2,1-2H3. The van der Waals surface area contributed by atoms with Crippen LogP contribution in [0.3, 0.4) is 0 Å². The van der Waals surface area contributed by atoms with E-state index >= 15 is 0 Å². The van der Waals surface area contributed by atoms with E-state index in [9.17, 15) is 9.59 Å². The molecular formula is C12H14N4O2. The fourth-order valence-corrected chi connectivity index (χ4v) is 1.82. The summed E-state index contributed by atoms with van der Waals surface area (Å²) in [5, 5.41) is 2.90. The minimum absolute atomic E-state index is 0.167. The molecule has 2 aromatic heterocycles. The Morgan fingerprint density at radius 1 is 1.44 bits per heavy atom. The first kappa shape index (κ1) is 12.2. The fourth-order valence-electron chi connectivity index (χ4n) is 1.82. The Bertz CT molecular complexity index is 613. The van der Waals surface area contributed by atoms with Crippen LogP contribution in [-0.4, -0.2) is 25.5 Å². The second-order valence-corrected chi connectivity index (χ2v) is 4.00. The molecule has 0 bridgehead atoms. The lowest BCUT2D eigenvalue weighted by Crippen LogP contribution is -2.20. The number of aromatic nitrogens is 4. The van der Waals surface area contributed by atoms with Gasteiger partial charge in [0.05, 0.1) is 6.20 Å². The molecule has 0 unspecified atom stereocenters. The monoisotopic (exact) mass is 246 g/mol. The van der Waals surface area contributed by atoms with Crippen LogP contribution in [0.2, 0.25) is 0 Å². The molecule has 0 spiro atoms. The van der Waals surface area contributed by atoms with Crippen LogP contribution >= 0.6 is 0 Å². The van der Waals surface area contributed by atoms with Gasteiger partial charge in [0.25, 0.3) is 5.56 Å². The van der Waals surface area contributed by atoms with Crippen molar-refractivity contribution in [2.24, 2.45) is 7.05 Å². The lowest BCUT2D eigenvalue weighted by molar-refractivity contribution is 0.103. The van der Waals surface area contributed by atoms with Gasteiger partial charge >= 0.3 is 0 Å². The molecule has 0 aliphatic carbocycles. The zero-order valence-electron chi connectivity index (χ0n) is 10.3. The van der Waals surface area contributed by atoms with E-state index in [1.807, 2.05) is 6.92 Å². The summed E-state index contributed by atoms with van der Waals surface area (Å²) in [4.78, 5) is 32.0. The van der Waals surface area contributed by atoms with Crippen molar-refractivity contribution in [3.05, 3.63) is 45.9 Å². The maximum absolute atomic E-state index is 12.2. The van der Waals surface area contributed by atoms with Crippen molar-refractivity contribution >= 4 is 5.78 Å². The largest absolute Gasteiger partial charge is 0.299 e. The Kier molecular flexibility index (Phi) is 3.36. The van der Waals surface area contributed by atoms with Crippen molar-refractivity contribution < 1.29 is 4.79 Å². The summed E-state index contributed by atoms with van der Waals surface area (Å²) < 4.78 is 1.31. The third-order valence-electron chi connectivity index (χ3n) is 2.65. The summed E-state index contributed by atoms with van der Waals surface area (Å²) in [5.74, 6) is -0.381. The molecule has 0 atom stereocenters. The molecule has 6 nitrogen and oxygen atoms in total. The van der Waals surface area contributed by atoms with Crippen molar-refractivity contribution in [1.29, 1.82) is 0 Å². The highest BCUT2D eigenvalue weighted by Gasteiger charge is 2.21. The van der Waals surface area contributed by atoms with Gasteiger partial charge in [-0.15, -0.1) is 0 Å². The van der Waals surface area contributed by atoms with Gasteiger partial charge in [0.2, 0.25) is 5.78 Å². The van der Waals surface area contributed by atoms with Crippen molar-refractivity contribution in [2.75, 3.05) is 0 Å². The molecule has 0 amide bonds. The molecule has 0 fully saturated rings. The summed E-state index contributed by atoms with van der Waals surface area (Å²) in [6, 6.07) is 0. The second-order valence-electron chi connectivity index (χ2n) is 4.00. The Hall–Kier alpha value is -2.24. The van der Waals surface area contributed by atoms with E-state index in [1.165, 1.54) is 23.3 Å². The number of nitrogens with zero attached hydrogens (tertiary/aromatic N) is 3. The molecule has 6 heteroatoms. The first-order valence-electron chi connectivity index (χ1n) is 5.73. The number of carbonyl (C=O) groups is 1. The maximum Gasteiger partial charge on any atom is 0.277 e. The van der Waals surface area contributed by atoms with Crippen LogP contribution in [0.1, 0.15) is 35.1 Å². The van der Waals surface area contributed by atoms with E-state index in [0.29, 0.717) is 12.1 Å². The van der Waals surface area contributed by atoms with Gasteiger partial charge in [0, 0.05) is 25.1 Å². The van der Waals surface area contributed by atoms with Crippen LogP contribution in [-0.2, 0) is 13.5 Å². The molecule has 2 rings (SSSR count). The van der Waals surface area contributed by atoms with E-state index in [4.69, 9.17) is 0 Å². The number of ketones is 1. The first-order chi connectivity index (χ1) is 8.65. The Morgan fingerprint density at radius 3 is 2.83 bits per heavy atom. The molecule has 2 heterocycles. The zero-order valence-corrected chi connectivity index (χ0v) is 10.3. The zero-order chi connectivity index (χ0) is 13.1. The number of hydrogen-bond acceptors (Lipinski definition) is 4. The van der Waals surface area contributed by atoms with E-state index in [-0.39, 0.29) is 22.6 Å². The maximum atomic E-state index is 12.2. The molecule has 0 saturated heterocycles.